The molecule has 4 aliphatic heterocycles. The molecule has 4 aliphatic rings. The average Bonchev–Trinajstić information content (AvgIpc) is 3.75. The second kappa shape index (κ2) is 11.1. The van der Waals surface area contributed by atoms with Gasteiger partial charge in [-0.3, -0.25) is 9.88 Å². The van der Waals surface area contributed by atoms with Gasteiger partial charge in [0.25, 0.3) is 0 Å². The zero-order valence-electron chi connectivity index (χ0n) is 25.6. The molecule has 0 radical (unpaired) electrons. The van der Waals surface area contributed by atoms with Crippen molar-refractivity contribution >= 4 is 39.1 Å². The van der Waals surface area contributed by atoms with Crippen molar-refractivity contribution in [3.8, 4) is 17.3 Å². The number of hydrogen-bond acceptors (Lipinski definition) is 7. The van der Waals surface area contributed by atoms with Gasteiger partial charge in [0.15, 0.2) is 5.82 Å². The first-order valence-electron chi connectivity index (χ1n) is 16.5. The van der Waals surface area contributed by atoms with Crippen molar-refractivity contribution in [1.29, 1.82) is 0 Å². The summed E-state index contributed by atoms with van der Waals surface area (Å²) in [4.78, 5) is 19.3. The fraction of sp³-hybridized carbons (Fsp3) is 0.378. The van der Waals surface area contributed by atoms with E-state index in [2.05, 4.69) is 45.4 Å². The third kappa shape index (κ3) is 4.72. The first-order valence-corrected chi connectivity index (χ1v) is 16.9. The Bertz CT molecular complexity index is 1940. The molecular formula is C37H36ClFN6O. The van der Waals surface area contributed by atoms with Crippen LogP contribution in [0.2, 0.25) is 5.02 Å². The van der Waals surface area contributed by atoms with E-state index < -0.39 is 5.82 Å². The lowest BCUT2D eigenvalue weighted by atomic mass is 9.87. The molecule has 0 spiro atoms. The van der Waals surface area contributed by atoms with Crippen LogP contribution in [0, 0.1) is 5.82 Å². The maximum atomic E-state index is 16.8. The fourth-order valence-electron chi connectivity index (χ4n) is 8.65. The third-order valence-electron chi connectivity index (χ3n) is 10.8. The van der Waals surface area contributed by atoms with Crippen LogP contribution in [0.1, 0.15) is 43.6 Å². The zero-order chi connectivity index (χ0) is 30.8. The van der Waals surface area contributed by atoms with Crippen LogP contribution in [0.25, 0.3) is 32.9 Å². The lowest BCUT2D eigenvalue weighted by molar-refractivity contribution is 0.108. The number of hydrogen-bond donors (Lipinski definition) is 1. The molecule has 1 N–H and O–H groups in total. The van der Waals surface area contributed by atoms with Gasteiger partial charge in [0, 0.05) is 53.9 Å². The molecule has 2 unspecified atom stereocenters. The van der Waals surface area contributed by atoms with Crippen LogP contribution in [-0.4, -0.2) is 70.3 Å². The Hall–Kier alpha value is -3.85. The zero-order valence-corrected chi connectivity index (χ0v) is 26.4. The van der Waals surface area contributed by atoms with Crippen LogP contribution in [0.4, 0.5) is 10.2 Å². The standard InChI is InChI=1S/C37H36ClFN6O/c38-30-12-5-10-24-9-4-11-28(31(24)30)33-32(39)34-29(18-40-33)35(44-20-26-13-14-27(21-44)41-26)43-36(42-34)46-22-37-15-6-16-45(37)19-25(17-37)23-7-2-1-3-8-23/h1-5,7-12,18,25-27,41H,6,13-17,19-22H2/t25-,26?,27?,37-/m1/s1. The summed E-state index contributed by atoms with van der Waals surface area (Å²) < 4.78 is 23.4. The Morgan fingerprint density at radius 3 is 2.59 bits per heavy atom. The Kier molecular flexibility index (Phi) is 6.88. The van der Waals surface area contributed by atoms with Gasteiger partial charge in [0.05, 0.1) is 10.9 Å². The molecule has 3 aromatic carbocycles. The predicted octanol–water partition coefficient (Wildman–Crippen LogP) is 6.98. The first-order chi connectivity index (χ1) is 22.5. The minimum absolute atomic E-state index is 0.0746. The Morgan fingerprint density at radius 2 is 1.76 bits per heavy atom. The molecule has 0 saturated carbocycles. The minimum Gasteiger partial charge on any atom is -0.461 e. The number of anilines is 1. The van der Waals surface area contributed by atoms with E-state index >= 15 is 4.39 Å². The highest BCUT2D eigenvalue weighted by Gasteiger charge is 2.49. The summed E-state index contributed by atoms with van der Waals surface area (Å²) in [5, 5.41) is 6.57. The van der Waals surface area contributed by atoms with E-state index in [0.717, 1.165) is 69.1 Å². The van der Waals surface area contributed by atoms with Crippen LogP contribution >= 0.6 is 11.6 Å². The highest BCUT2D eigenvalue weighted by atomic mass is 35.5. The van der Waals surface area contributed by atoms with E-state index in [-0.39, 0.29) is 22.8 Å². The molecule has 6 heterocycles. The van der Waals surface area contributed by atoms with Crippen molar-refractivity contribution in [1.82, 2.24) is 25.2 Å². The summed E-state index contributed by atoms with van der Waals surface area (Å²) in [6, 6.07) is 23.3. The Labute approximate surface area is 272 Å². The van der Waals surface area contributed by atoms with Gasteiger partial charge in [-0.05, 0) is 61.6 Å². The monoisotopic (exact) mass is 634 g/mol. The number of rotatable bonds is 6. The van der Waals surface area contributed by atoms with Gasteiger partial charge in [-0.1, -0.05) is 72.3 Å². The summed E-state index contributed by atoms with van der Waals surface area (Å²) in [5.74, 6) is 0.678. The second-order valence-electron chi connectivity index (χ2n) is 13.6. The number of benzene rings is 3. The van der Waals surface area contributed by atoms with E-state index in [1.807, 2.05) is 36.4 Å². The second-order valence-corrected chi connectivity index (χ2v) is 14.0. The molecule has 9 heteroatoms. The smallest absolute Gasteiger partial charge is 0.319 e. The molecule has 0 amide bonds. The summed E-state index contributed by atoms with van der Waals surface area (Å²) in [7, 11) is 0. The Morgan fingerprint density at radius 1 is 0.957 bits per heavy atom. The molecular weight excluding hydrogens is 599 g/mol. The van der Waals surface area contributed by atoms with Crippen molar-refractivity contribution in [3.05, 3.63) is 89.3 Å². The largest absolute Gasteiger partial charge is 0.461 e. The normalized spacial score (nSPS) is 25.9. The van der Waals surface area contributed by atoms with Gasteiger partial charge in [0.2, 0.25) is 0 Å². The van der Waals surface area contributed by atoms with Gasteiger partial charge in [-0.25, -0.2) is 4.39 Å². The number of fused-ring (bicyclic) bond motifs is 5. The molecule has 4 fully saturated rings. The lowest BCUT2D eigenvalue weighted by Gasteiger charge is -2.34. The third-order valence-corrected chi connectivity index (χ3v) is 11.1. The van der Waals surface area contributed by atoms with E-state index in [1.165, 1.54) is 5.56 Å². The van der Waals surface area contributed by atoms with Gasteiger partial charge in [-0.15, -0.1) is 0 Å². The molecule has 46 heavy (non-hydrogen) atoms. The minimum atomic E-state index is -0.484. The summed E-state index contributed by atoms with van der Waals surface area (Å²) in [6.45, 7) is 4.18. The quantitative estimate of drug-likeness (QED) is 0.216. The number of ether oxygens (including phenoxy) is 1. The van der Waals surface area contributed by atoms with Gasteiger partial charge >= 0.3 is 6.01 Å². The number of halogens is 2. The van der Waals surface area contributed by atoms with Crippen LogP contribution in [0.3, 0.4) is 0 Å². The summed E-state index contributed by atoms with van der Waals surface area (Å²) in [5.41, 5.74) is 2.40. The van der Waals surface area contributed by atoms with Crippen LogP contribution in [0.5, 0.6) is 6.01 Å². The fourth-order valence-corrected chi connectivity index (χ4v) is 8.93. The molecule has 0 aliphatic carbocycles. The molecule has 4 atom stereocenters. The topological polar surface area (TPSA) is 66.4 Å². The molecule has 9 rings (SSSR count). The van der Waals surface area contributed by atoms with E-state index in [9.17, 15) is 0 Å². The summed E-state index contributed by atoms with van der Waals surface area (Å²) in [6.07, 6.45) is 7.24. The van der Waals surface area contributed by atoms with Crippen molar-refractivity contribution in [2.24, 2.45) is 0 Å². The predicted molar refractivity (Wildman–Crippen MR) is 180 cm³/mol. The van der Waals surface area contributed by atoms with Crippen molar-refractivity contribution < 1.29 is 9.13 Å². The van der Waals surface area contributed by atoms with Crippen LogP contribution in [-0.2, 0) is 0 Å². The van der Waals surface area contributed by atoms with Gasteiger partial charge in [0.1, 0.15) is 23.6 Å². The van der Waals surface area contributed by atoms with Gasteiger partial charge in [-0.2, -0.15) is 9.97 Å². The van der Waals surface area contributed by atoms with E-state index in [4.69, 9.17) is 31.3 Å². The highest BCUT2D eigenvalue weighted by molar-refractivity contribution is 6.36. The molecule has 5 aromatic rings. The van der Waals surface area contributed by atoms with Crippen molar-refractivity contribution in [2.45, 2.75) is 55.6 Å². The van der Waals surface area contributed by atoms with Crippen LogP contribution in [0.15, 0.2) is 72.9 Å². The molecule has 4 saturated heterocycles. The van der Waals surface area contributed by atoms with Gasteiger partial charge < -0.3 is 15.0 Å². The number of aromatic nitrogens is 3. The maximum Gasteiger partial charge on any atom is 0.319 e. The highest BCUT2D eigenvalue weighted by Crippen LogP contribution is 2.46. The average molecular weight is 635 g/mol. The van der Waals surface area contributed by atoms with E-state index in [0.29, 0.717) is 46.4 Å². The molecule has 2 bridgehead atoms. The van der Waals surface area contributed by atoms with Crippen molar-refractivity contribution in [3.63, 3.8) is 0 Å². The number of piperazine rings is 1. The number of nitrogens with one attached hydrogen (secondary N) is 1. The molecule has 7 nitrogen and oxygen atoms in total. The molecule has 2 aromatic heterocycles. The van der Waals surface area contributed by atoms with Crippen molar-refractivity contribution in [2.75, 3.05) is 37.7 Å². The maximum absolute atomic E-state index is 16.8. The SMILES string of the molecule is Fc1c(-c2cccc3cccc(Cl)c23)ncc2c(N3CC4CCC(C3)N4)nc(OC[C@]34CCCN3C[C@H](c3ccccc3)C4)nc12. The van der Waals surface area contributed by atoms with E-state index in [1.54, 1.807) is 6.20 Å². The number of pyridine rings is 1. The number of nitrogens with zero attached hydrogens (tertiary/aromatic N) is 5. The summed E-state index contributed by atoms with van der Waals surface area (Å²) >= 11 is 6.65. The van der Waals surface area contributed by atoms with Crippen LogP contribution < -0.4 is 15.0 Å². The lowest BCUT2D eigenvalue weighted by Crippen LogP contribution is -2.51. The Balaban J connectivity index is 1.12. The molecule has 234 valence electrons. The first kappa shape index (κ1) is 28.4.